The molecule has 1 aromatic rings. The van der Waals surface area contributed by atoms with Gasteiger partial charge in [0.15, 0.2) is 0 Å². The summed E-state index contributed by atoms with van der Waals surface area (Å²) < 4.78 is 2.53. The van der Waals surface area contributed by atoms with E-state index in [1.165, 1.54) is 173 Å². The fraction of sp³-hybridized carbons (Fsp3) is 0.914. The Balaban J connectivity index is 2.17. The molecule has 0 amide bonds. The zero-order valence-electron chi connectivity index (χ0n) is 26.1. The smallest absolute Gasteiger partial charge is 0.111 e. The summed E-state index contributed by atoms with van der Waals surface area (Å²) in [5, 5.41) is 0. The van der Waals surface area contributed by atoms with Crippen LogP contribution in [0.4, 0.5) is 0 Å². The normalized spacial score (nSPS) is 13.3. The Hall–Kier alpha value is -0.790. The van der Waals surface area contributed by atoms with Crippen LogP contribution >= 0.6 is 0 Å². The van der Waals surface area contributed by atoms with E-state index in [-0.39, 0.29) is 0 Å². The Morgan fingerprint density at radius 1 is 0.514 bits per heavy atom. The van der Waals surface area contributed by atoms with Crippen molar-refractivity contribution in [2.75, 3.05) is 0 Å². The lowest BCUT2D eigenvalue weighted by atomic mass is 9.93. The van der Waals surface area contributed by atoms with Crippen molar-refractivity contribution in [1.82, 2.24) is 9.55 Å². The van der Waals surface area contributed by atoms with Crippen molar-refractivity contribution in [3.8, 4) is 0 Å². The van der Waals surface area contributed by atoms with Gasteiger partial charge in [-0.05, 0) is 26.2 Å². The third-order valence-electron chi connectivity index (χ3n) is 8.58. The summed E-state index contributed by atoms with van der Waals surface area (Å²) in [7, 11) is 0. The maximum atomic E-state index is 4.90. The van der Waals surface area contributed by atoms with Gasteiger partial charge in [0.2, 0.25) is 0 Å². The highest BCUT2D eigenvalue weighted by molar-refractivity contribution is 5.02. The van der Waals surface area contributed by atoms with Crippen molar-refractivity contribution in [2.45, 2.75) is 207 Å². The van der Waals surface area contributed by atoms with Crippen LogP contribution in [0.3, 0.4) is 0 Å². The molecule has 0 aliphatic rings. The van der Waals surface area contributed by atoms with Crippen molar-refractivity contribution in [1.29, 1.82) is 0 Å². The summed E-state index contributed by atoms with van der Waals surface area (Å²) in [5.74, 6) is 2.04. The molecular formula is C35H68N2. The van der Waals surface area contributed by atoms with E-state index in [4.69, 9.17) is 4.98 Å². The quantitative estimate of drug-likeness (QED) is 0.101. The molecule has 2 atom stereocenters. The molecule has 0 saturated carbocycles. The zero-order valence-corrected chi connectivity index (χ0v) is 26.1. The zero-order chi connectivity index (χ0) is 26.8. The van der Waals surface area contributed by atoms with Gasteiger partial charge in [-0.3, -0.25) is 0 Å². The molecule has 0 bridgehead atoms. The molecule has 0 spiro atoms. The van der Waals surface area contributed by atoms with Gasteiger partial charge in [0.05, 0.1) is 0 Å². The standard InChI is InChI=1S/C35H68N2/c1-5-8-11-13-14-15-16-17-18-19-20-21-22-23-25-27-30-34(29-10-7-3)35-36-31-32-37(35)33(4)28-26-24-12-9-6-2/h31-34H,5-30H2,1-4H3. The van der Waals surface area contributed by atoms with E-state index in [0.29, 0.717) is 12.0 Å². The molecule has 0 radical (unpaired) electrons. The summed E-state index contributed by atoms with van der Waals surface area (Å²) in [6.07, 6.45) is 40.9. The number of aromatic nitrogens is 2. The van der Waals surface area contributed by atoms with E-state index in [1.54, 1.807) is 0 Å². The second-order valence-corrected chi connectivity index (χ2v) is 12.2. The first-order valence-corrected chi connectivity index (χ1v) is 17.3. The molecule has 218 valence electrons. The van der Waals surface area contributed by atoms with Gasteiger partial charge >= 0.3 is 0 Å². The van der Waals surface area contributed by atoms with Crippen LogP contribution < -0.4 is 0 Å². The molecule has 1 rings (SSSR count). The second-order valence-electron chi connectivity index (χ2n) is 12.2. The Morgan fingerprint density at radius 3 is 1.35 bits per heavy atom. The number of hydrogen-bond acceptors (Lipinski definition) is 1. The van der Waals surface area contributed by atoms with Gasteiger partial charge in [0.1, 0.15) is 5.82 Å². The highest BCUT2D eigenvalue weighted by Gasteiger charge is 2.19. The molecular weight excluding hydrogens is 448 g/mol. The monoisotopic (exact) mass is 517 g/mol. The van der Waals surface area contributed by atoms with Crippen molar-refractivity contribution >= 4 is 0 Å². The molecule has 1 heterocycles. The molecule has 0 N–H and O–H groups in total. The van der Waals surface area contributed by atoms with Crippen molar-refractivity contribution < 1.29 is 0 Å². The lowest BCUT2D eigenvalue weighted by Crippen LogP contribution is -2.13. The molecule has 0 aliphatic carbocycles. The minimum absolute atomic E-state index is 0.592. The molecule has 2 unspecified atom stereocenters. The van der Waals surface area contributed by atoms with Crippen LogP contribution in [0.2, 0.25) is 0 Å². The fourth-order valence-corrected chi connectivity index (χ4v) is 5.99. The minimum Gasteiger partial charge on any atom is -0.332 e. The van der Waals surface area contributed by atoms with E-state index >= 15 is 0 Å². The predicted octanol–water partition coefficient (Wildman–Crippen LogP) is 12.7. The number of hydrogen-bond donors (Lipinski definition) is 0. The maximum Gasteiger partial charge on any atom is 0.111 e. The van der Waals surface area contributed by atoms with Gasteiger partial charge in [-0.1, -0.05) is 168 Å². The van der Waals surface area contributed by atoms with E-state index in [0.717, 1.165) is 0 Å². The molecule has 0 aromatic carbocycles. The Morgan fingerprint density at radius 2 is 0.892 bits per heavy atom. The molecule has 0 fully saturated rings. The first kappa shape index (κ1) is 34.2. The SMILES string of the molecule is CCCCCCCCCCCCCCCCCCC(CCCC)c1nccn1C(C)CCCCCCC. The minimum atomic E-state index is 0.592. The van der Waals surface area contributed by atoms with Crippen LogP contribution in [0.5, 0.6) is 0 Å². The average Bonchev–Trinajstić information content (AvgIpc) is 3.40. The Bertz CT molecular complexity index is 578. The van der Waals surface area contributed by atoms with Crippen LogP contribution in [-0.2, 0) is 0 Å². The van der Waals surface area contributed by atoms with Crippen LogP contribution in [0, 0.1) is 0 Å². The molecule has 0 saturated heterocycles. The average molecular weight is 517 g/mol. The highest BCUT2D eigenvalue weighted by atomic mass is 15.1. The van der Waals surface area contributed by atoms with Gasteiger partial charge in [-0.15, -0.1) is 0 Å². The van der Waals surface area contributed by atoms with Gasteiger partial charge in [-0.25, -0.2) is 4.98 Å². The van der Waals surface area contributed by atoms with Gasteiger partial charge in [-0.2, -0.15) is 0 Å². The topological polar surface area (TPSA) is 17.8 Å². The van der Waals surface area contributed by atoms with E-state index in [1.807, 2.05) is 0 Å². The van der Waals surface area contributed by atoms with Crippen LogP contribution in [0.25, 0.3) is 0 Å². The van der Waals surface area contributed by atoms with Gasteiger partial charge in [0, 0.05) is 24.4 Å². The molecule has 0 aliphatic heterocycles. The number of unbranched alkanes of at least 4 members (excludes halogenated alkanes) is 20. The van der Waals surface area contributed by atoms with Crippen molar-refractivity contribution in [3.05, 3.63) is 18.2 Å². The van der Waals surface area contributed by atoms with Gasteiger partial charge in [0.25, 0.3) is 0 Å². The lowest BCUT2D eigenvalue weighted by Gasteiger charge is -2.22. The molecule has 2 heteroatoms. The largest absolute Gasteiger partial charge is 0.332 e. The Labute approximate surface area is 234 Å². The first-order chi connectivity index (χ1) is 18.2. The lowest BCUT2D eigenvalue weighted by molar-refractivity contribution is 0.416. The number of nitrogens with zero attached hydrogens (tertiary/aromatic N) is 2. The third-order valence-corrected chi connectivity index (χ3v) is 8.58. The molecule has 37 heavy (non-hydrogen) atoms. The third kappa shape index (κ3) is 18.2. The van der Waals surface area contributed by atoms with Crippen LogP contribution in [0.1, 0.15) is 212 Å². The second kappa shape index (κ2) is 25.5. The molecule has 2 nitrogen and oxygen atoms in total. The Kier molecular flexibility index (Phi) is 23.6. The van der Waals surface area contributed by atoms with Crippen molar-refractivity contribution in [2.24, 2.45) is 0 Å². The maximum absolute atomic E-state index is 4.90. The van der Waals surface area contributed by atoms with Crippen LogP contribution in [0.15, 0.2) is 12.4 Å². The van der Waals surface area contributed by atoms with Crippen molar-refractivity contribution in [3.63, 3.8) is 0 Å². The first-order valence-electron chi connectivity index (χ1n) is 17.3. The fourth-order valence-electron chi connectivity index (χ4n) is 5.99. The summed E-state index contributed by atoms with van der Waals surface area (Å²) in [6, 6.07) is 0.592. The molecule has 1 aromatic heterocycles. The van der Waals surface area contributed by atoms with Crippen LogP contribution in [-0.4, -0.2) is 9.55 Å². The highest BCUT2D eigenvalue weighted by Crippen LogP contribution is 2.30. The van der Waals surface area contributed by atoms with E-state index in [2.05, 4.69) is 44.7 Å². The van der Waals surface area contributed by atoms with Gasteiger partial charge < -0.3 is 4.57 Å². The number of rotatable bonds is 28. The summed E-state index contributed by atoms with van der Waals surface area (Å²) in [4.78, 5) is 4.90. The summed E-state index contributed by atoms with van der Waals surface area (Å²) >= 11 is 0. The number of imidazole rings is 1. The predicted molar refractivity (Wildman–Crippen MR) is 167 cm³/mol. The summed E-state index contributed by atoms with van der Waals surface area (Å²) in [6.45, 7) is 9.35. The van der Waals surface area contributed by atoms with E-state index < -0.39 is 0 Å². The van der Waals surface area contributed by atoms with E-state index in [9.17, 15) is 0 Å². The summed E-state index contributed by atoms with van der Waals surface area (Å²) in [5.41, 5.74) is 0.